The molecular weight excluding hydrogens is 226 g/mol. The van der Waals surface area contributed by atoms with Gasteiger partial charge in [-0.25, -0.2) is 0 Å². The topological polar surface area (TPSA) is 32.7 Å². The number of ether oxygens (including phenoxy) is 1. The highest BCUT2D eigenvalue weighted by atomic mass is 16.5. The third kappa shape index (κ3) is 5.07. The van der Waals surface area contributed by atoms with E-state index in [9.17, 15) is 0 Å². The van der Waals surface area contributed by atoms with Gasteiger partial charge in [-0.05, 0) is 38.8 Å². The highest BCUT2D eigenvalue weighted by Crippen LogP contribution is 2.16. The Morgan fingerprint density at radius 1 is 1.22 bits per heavy atom. The fourth-order valence-corrected chi connectivity index (χ4v) is 1.89. The van der Waals surface area contributed by atoms with Gasteiger partial charge in [-0.15, -0.1) is 0 Å². The number of nitrogens with zero attached hydrogens (tertiary/aromatic N) is 1. The minimum atomic E-state index is 0.252. The lowest BCUT2D eigenvalue weighted by Gasteiger charge is -2.26. The predicted octanol–water partition coefficient (Wildman–Crippen LogP) is 2.47. The van der Waals surface area contributed by atoms with Gasteiger partial charge in [0.15, 0.2) is 0 Å². The maximum atomic E-state index is 8.88. The minimum Gasteiger partial charge on any atom is -0.492 e. The molecule has 1 rings (SSSR count). The quantitative estimate of drug-likeness (QED) is 0.770. The van der Waals surface area contributed by atoms with Gasteiger partial charge in [-0.3, -0.25) is 4.90 Å². The normalized spacial score (nSPS) is 11.2. The van der Waals surface area contributed by atoms with Gasteiger partial charge in [-0.2, -0.15) is 0 Å². The molecule has 0 saturated heterocycles. The molecule has 0 heterocycles. The largest absolute Gasteiger partial charge is 0.492 e. The average molecular weight is 251 g/mol. The summed E-state index contributed by atoms with van der Waals surface area (Å²) < 4.78 is 5.79. The molecule has 18 heavy (non-hydrogen) atoms. The van der Waals surface area contributed by atoms with Crippen LogP contribution in [0.2, 0.25) is 0 Å². The van der Waals surface area contributed by atoms with Crippen LogP contribution in [-0.2, 0) is 0 Å². The molecule has 3 heteroatoms. The van der Waals surface area contributed by atoms with Crippen LogP contribution in [0.5, 0.6) is 5.75 Å². The summed E-state index contributed by atoms with van der Waals surface area (Å²) in [5.41, 5.74) is 1.17. The molecule has 0 bridgehead atoms. The molecule has 1 aromatic rings. The van der Waals surface area contributed by atoms with Crippen molar-refractivity contribution in [3.63, 3.8) is 0 Å². The summed E-state index contributed by atoms with van der Waals surface area (Å²) in [5.74, 6) is 0.961. The van der Waals surface area contributed by atoms with Crippen LogP contribution < -0.4 is 4.74 Å². The summed E-state index contributed by atoms with van der Waals surface area (Å²) in [5, 5.41) is 8.88. The van der Waals surface area contributed by atoms with Crippen molar-refractivity contribution in [3.05, 3.63) is 29.8 Å². The zero-order valence-electron chi connectivity index (χ0n) is 11.7. The lowest BCUT2D eigenvalue weighted by molar-refractivity contribution is 0.160. The van der Waals surface area contributed by atoms with Gasteiger partial charge >= 0.3 is 0 Å². The van der Waals surface area contributed by atoms with Crippen LogP contribution in [0.25, 0.3) is 0 Å². The summed E-state index contributed by atoms with van der Waals surface area (Å²) in [7, 11) is 0. The number of para-hydroxylation sites is 1. The third-order valence-electron chi connectivity index (χ3n) is 3.06. The van der Waals surface area contributed by atoms with Crippen LogP contribution in [0, 0.1) is 6.92 Å². The number of aliphatic hydroxyl groups excluding tert-OH is 1. The minimum absolute atomic E-state index is 0.252. The molecule has 0 aliphatic carbocycles. The Morgan fingerprint density at radius 3 is 2.56 bits per heavy atom. The first-order valence-corrected chi connectivity index (χ1v) is 6.68. The van der Waals surface area contributed by atoms with E-state index in [1.54, 1.807) is 0 Å². The monoisotopic (exact) mass is 251 g/mol. The van der Waals surface area contributed by atoms with E-state index < -0.39 is 0 Å². The van der Waals surface area contributed by atoms with Crippen molar-refractivity contribution >= 4 is 0 Å². The van der Waals surface area contributed by atoms with Gasteiger partial charge in [0.2, 0.25) is 0 Å². The molecule has 1 aromatic carbocycles. The van der Waals surface area contributed by atoms with Crippen LogP contribution in [0.1, 0.15) is 25.8 Å². The SMILES string of the molecule is Cc1ccccc1OCCN(CCCO)C(C)C. The Balaban J connectivity index is 2.36. The number of hydrogen-bond acceptors (Lipinski definition) is 3. The number of rotatable bonds is 8. The lowest BCUT2D eigenvalue weighted by atomic mass is 10.2. The van der Waals surface area contributed by atoms with Crippen LogP contribution in [0.4, 0.5) is 0 Å². The summed E-state index contributed by atoms with van der Waals surface area (Å²) in [6.45, 7) is 9.16. The van der Waals surface area contributed by atoms with Gasteiger partial charge in [0.25, 0.3) is 0 Å². The molecule has 0 spiro atoms. The van der Waals surface area contributed by atoms with Gasteiger partial charge in [0.1, 0.15) is 12.4 Å². The standard InChI is InChI=1S/C15H25NO2/c1-13(2)16(9-6-11-17)10-12-18-15-8-5-4-7-14(15)3/h4-5,7-8,13,17H,6,9-12H2,1-3H3. The second kappa shape index (κ2) is 8.11. The van der Waals surface area contributed by atoms with Gasteiger partial charge in [-0.1, -0.05) is 18.2 Å². The van der Waals surface area contributed by atoms with Crippen molar-refractivity contribution in [1.29, 1.82) is 0 Å². The molecule has 0 amide bonds. The highest BCUT2D eigenvalue weighted by molar-refractivity contribution is 5.31. The fourth-order valence-electron chi connectivity index (χ4n) is 1.89. The molecule has 0 unspecified atom stereocenters. The molecule has 102 valence electrons. The van der Waals surface area contributed by atoms with Crippen molar-refractivity contribution in [2.24, 2.45) is 0 Å². The van der Waals surface area contributed by atoms with Crippen molar-refractivity contribution in [1.82, 2.24) is 4.90 Å². The number of benzene rings is 1. The molecule has 0 atom stereocenters. The molecule has 3 nitrogen and oxygen atoms in total. The molecule has 0 aliphatic heterocycles. The van der Waals surface area contributed by atoms with Crippen molar-refractivity contribution in [2.45, 2.75) is 33.2 Å². The Kier molecular flexibility index (Phi) is 6.76. The molecule has 1 N–H and O–H groups in total. The average Bonchev–Trinajstić information content (AvgIpc) is 2.35. The fraction of sp³-hybridized carbons (Fsp3) is 0.600. The van der Waals surface area contributed by atoms with Gasteiger partial charge < -0.3 is 9.84 Å². The van der Waals surface area contributed by atoms with E-state index >= 15 is 0 Å². The van der Waals surface area contributed by atoms with Crippen molar-refractivity contribution in [3.8, 4) is 5.75 Å². The number of hydrogen-bond donors (Lipinski definition) is 1. The van der Waals surface area contributed by atoms with E-state index in [0.29, 0.717) is 12.6 Å². The van der Waals surface area contributed by atoms with Crippen LogP contribution in [0.15, 0.2) is 24.3 Å². The molecule has 0 aliphatic rings. The zero-order valence-corrected chi connectivity index (χ0v) is 11.7. The Hall–Kier alpha value is -1.06. The van der Waals surface area contributed by atoms with Crippen LogP contribution in [0.3, 0.4) is 0 Å². The summed E-state index contributed by atoms with van der Waals surface area (Å²) in [6, 6.07) is 8.56. The molecule has 0 saturated carbocycles. The third-order valence-corrected chi connectivity index (χ3v) is 3.06. The number of aryl methyl sites for hydroxylation is 1. The lowest BCUT2D eigenvalue weighted by Crippen LogP contribution is -2.35. The second-order valence-corrected chi connectivity index (χ2v) is 4.82. The smallest absolute Gasteiger partial charge is 0.122 e. The summed E-state index contributed by atoms with van der Waals surface area (Å²) in [4.78, 5) is 2.33. The van der Waals surface area contributed by atoms with E-state index in [2.05, 4.69) is 31.7 Å². The highest BCUT2D eigenvalue weighted by Gasteiger charge is 2.09. The molecule has 0 aromatic heterocycles. The van der Waals surface area contributed by atoms with E-state index in [0.717, 1.165) is 25.3 Å². The van der Waals surface area contributed by atoms with E-state index in [-0.39, 0.29) is 6.61 Å². The maximum absolute atomic E-state index is 8.88. The Bertz CT molecular complexity index is 339. The number of aliphatic hydroxyl groups is 1. The van der Waals surface area contributed by atoms with E-state index in [4.69, 9.17) is 9.84 Å². The van der Waals surface area contributed by atoms with Crippen LogP contribution >= 0.6 is 0 Å². The second-order valence-electron chi connectivity index (χ2n) is 4.82. The van der Waals surface area contributed by atoms with E-state index in [1.165, 1.54) is 5.56 Å². The van der Waals surface area contributed by atoms with Gasteiger partial charge in [0.05, 0.1) is 0 Å². The predicted molar refractivity (Wildman–Crippen MR) is 75.1 cm³/mol. The zero-order chi connectivity index (χ0) is 13.4. The molecule has 0 fully saturated rings. The van der Waals surface area contributed by atoms with Crippen LogP contribution in [-0.4, -0.2) is 42.4 Å². The first kappa shape index (κ1) is 15.0. The van der Waals surface area contributed by atoms with Crippen molar-refractivity contribution < 1.29 is 9.84 Å². The first-order chi connectivity index (χ1) is 8.65. The molecule has 0 radical (unpaired) electrons. The summed E-state index contributed by atoms with van der Waals surface area (Å²) in [6.07, 6.45) is 0.822. The van der Waals surface area contributed by atoms with Crippen molar-refractivity contribution in [2.75, 3.05) is 26.3 Å². The first-order valence-electron chi connectivity index (χ1n) is 6.68. The van der Waals surface area contributed by atoms with Gasteiger partial charge in [0, 0.05) is 25.7 Å². The molecular formula is C15H25NO2. The Labute approximate surface area is 110 Å². The Morgan fingerprint density at radius 2 is 1.94 bits per heavy atom. The summed E-state index contributed by atoms with van der Waals surface area (Å²) >= 11 is 0. The van der Waals surface area contributed by atoms with E-state index in [1.807, 2.05) is 18.2 Å². The maximum Gasteiger partial charge on any atom is 0.122 e.